The lowest BCUT2D eigenvalue weighted by atomic mass is 10.1. The first-order chi connectivity index (χ1) is 9.19. The summed E-state index contributed by atoms with van der Waals surface area (Å²) in [6.07, 6.45) is 2.05. The second-order valence-corrected chi connectivity index (χ2v) is 4.05. The van der Waals surface area contributed by atoms with Crippen molar-refractivity contribution in [3.8, 4) is 5.75 Å². The third-order valence-corrected chi connectivity index (χ3v) is 2.66. The number of benzene rings is 1. The number of hydrogen-bond donors (Lipinski definition) is 0. The van der Waals surface area contributed by atoms with Crippen LogP contribution in [0.3, 0.4) is 0 Å². The number of ether oxygens (including phenoxy) is 3. The molecule has 0 aliphatic carbocycles. The summed E-state index contributed by atoms with van der Waals surface area (Å²) < 4.78 is 15.1. The number of methoxy groups -OCH3 is 1. The minimum atomic E-state index is -0.653. The maximum atomic E-state index is 11.3. The van der Waals surface area contributed by atoms with Crippen molar-refractivity contribution in [2.45, 2.75) is 25.9 Å². The Morgan fingerprint density at radius 2 is 2.05 bits per heavy atom. The Morgan fingerprint density at radius 3 is 2.58 bits per heavy atom. The van der Waals surface area contributed by atoms with E-state index in [1.807, 2.05) is 31.2 Å². The summed E-state index contributed by atoms with van der Waals surface area (Å²) in [5.74, 6) is 0.808. The van der Waals surface area contributed by atoms with Crippen LogP contribution in [0.1, 0.15) is 18.9 Å². The monoisotopic (exact) mass is 264 g/mol. The van der Waals surface area contributed by atoms with Gasteiger partial charge in [-0.2, -0.15) is 0 Å². The van der Waals surface area contributed by atoms with Gasteiger partial charge in [0.1, 0.15) is 18.5 Å². The van der Waals surface area contributed by atoms with E-state index in [2.05, 4.69) is 6.58 Å². The van der Waals surface area contributed by atoms with Crippen LogP contribution in [0, 0.1) is 0 Å². The van der Waals surface area contributed by atoms with Crippen LogP contribution in [0.2, 0.25) is 0 Å². The first-order valence-electron chi connectivity index (χ1n) is 6.26. The third kappa shape index (κ3) is 5.46. The summed E-state index contributed by atoms with van der Waals surface area (Å²) in [7, 11) is 1.63. The normalized spacial score (nSPS) is 11.5. The highest BCUT2D eigenvalue weighted by atomic mass is 16.7. The third-order valence-electron chi connectivity index (χ3n) is 2.66. The van der Waals surface area contributed by atoms with E-state index in [4.69, 9.17) is 14.2 Å². The second kappa shape index (κ2) is 8.19. The quantitative estimate of drug-likeness (QED) is 0.559. The van der Waals surface area contributed by atoms with Crippen molar-refractivity contribution in [3.63, 3.8) is 0 Å². The minimum absolute atomic E-state index is 0.164. The summed E-state index contributed by atoms with van der Waals surface area (Å²) in [5, 5.41) is 0. The smallest absolute Gasteiger partial charge is 0.497 e. The van der Waals surface area contributed by atoms with E-state index in [0.717, 1.165) is 17.7 Å². The molecule has 0 N–H and O–H groups in total. The molecule has 0 heterocycles. The van der Waals surface area contributed by atoms with Gasteiger partial charge in [-0.3, -0.25) is 0 Å². The van der Waals surface area contributed by atoms with Crippen molar-refractivity contribution < 1.29 is 19.0 Å². The maximum absolute atomic E-state index is 11.3. The van der Waals surface area contributed by atoms with Crippen LogP contribution in [0.4, 0.5) is 4.79 Å². The highest BCUT2D eigenvalue weighted by Crippen LogP contribution is 2.15. The van der Waals surface area contributed by atoms with Crippen LogP contribution in [0.25, 0.3) is 0 Å². The summed E-state index contributed by atoms with van der Waals surface area (Å²) >= 11 is 0. The molecular formula is C15H20O4. The van der Waals surface area contributed by atoms with Crippen molar-refractivity contribution in [2.24, 2.45) is 0 Å². The van der Waals surface area contributed by atoms with E-state index >= 15 is 0 Å². The van der Waals surface area contributed by atoms with Crippen LogP contribution in [0.15, 0.2) is 36.9 Å². The largest absolute Gasteiger partial charge is 0.508 e. The van der Waals surface area contributed by atoms with E-state index in [1.165, 1.54) is 6.08 Å². The molecule has 1 rings (SSSR count). The Hall–Kier alpha value is -1.97. The highest BCUT2D eigenvalue weighted by Gasteiger charge is 2.14. The van der Waals surface area contributed by atoms with Crippen LogP contribution >= 0.6 is 0 Å². The fourth-order valence-corrected chi connectivity index (χ4v) is 1.59. The van der Waals surface area contributed by atoms with Gasteiger partial charge in [-0.15, -0.1) is 0 Å². The fourth-order valence-electron chi connectivity index (χ4n) is 1.59. The van der Waals surface area contributed by atoms with Gasteiger partial charge in [0.15, 0.2) is 0 Å². The zero-order valence-corrected chi connectivity index (χ0v) is 11.4. The highest BCUT2D eigenvalue weighted by molar-refractivity contribution is 5.60. The second-order valence-electron chi connectivity index (χ2n) is 4.05. The van der Waals surface area contributed by atoms with Crippen LogP contribution in [0.5, 0.6) is 5.75 Å². The Bertz CT molecular complexity index is 397. The lowest BCUT2D eigenvalue weighted by molar-refractivity contribution is 0.0284. The molecule has 0 bridgehead atoms. The molecule has 0 saturated heterocycles. The van der Waals surface area contributed by atoms with Crippen LogP contribution < -0.4 is 4.74 Å². The summed E-state index contributed by atoms with van der Waals surface area (Å²) in [6.45, 7) is 5.60. The van der Waals surface area contributed by atoms with Gasteiger partial charge >= 0.3 is 6.16 Å². The number of carbonyl (C=O) groups excluding carboxylic acids is 1. The zero-order chi connectivity index (χ0) is 14.1. The molecule has 4 heteroatoms. The molecular weight excluding hydrogens is 244 g/mol. The first-order valence-corrected chi connectivity index (χ1v) is 6.26. The van der Waals surface area contributed by atoms with Crippen LogP contribution in [-0.2, 0) is 15.9 Å². The van der Waals surface area contributed by atoms with E-state index in [0.29, 0.717) is 6.42 Å². The van der Waals surface area contributed by atoms with Gasteiger partial charge < -0.3 is 14.2 Å². The topological polar surface area (TPSA) is 44.8 Å². The van der Waals surface area contributed by atoms with Crippen molar-refractivity contribution in [3.05, 3.63) is 42.5 Å². The van der Waals surface area contributed by atoms with Gasteiger partial charge in [-0.25, -0.2) is 4.79 Å². The molecule has 0 aliphatic rings. The Morgan fingerprint density at radius 1 is 1.37 bits per heavy atom. The Labute approximate surface area is 114 Å². The molecule has 0 saturated carbocycles. The fraction of sp³-hybridized carbons (Fsp3) is 0.400. The number of carbonyl (C=O) groups is 1. The molecule has 0 aliphatic heterocycles. The molecule has 1 aromatic rings. The van der Waals surface area contributed by atoms with Gasteiger partial charge in [0, 0.05) is 6.42 Å². The molecule has 0 fully saturated rings. The molecule has 104 valence electrons. The number of rotatable bonds is 7. The number of hydrogen-bond acceptors (Lipinski definition) is 4. The van der Waals surface area contributed by atoms with Gasteiger partial charge in [0.05, 0.1) is 7.11 Å². The van der Waals surface area contributed by atoms with Crippen molar-refractivity contribution in [1.82, 2.24) is 0 Å². The van der Waals surface area contributed by atoms with Crippen molar-refractivity contribution >= 4 is 6.16 Å². The molecule has 1 unspecified atom stereocenters. The standard InChI is InChI=1S/C15H20O4/c1-4-10-18-15(16)19-13(5-2)11-12-6-8-14(17-3)9-7-12/h4,6-9,13H,1,5,10-11H2,2-3H3. The SMILES string of the molecule is C=CCOC(=O)OC(CC)Cc1ccc(OC)cc1. The van der Waals surface area contributed by atoms with Gasteiger partial charge in [0.25, 0.3) is 0 Å². The molecule has 0 spiro atoms. The Kier molecular flexibility index (Phi) is 6.50. The van der Waals surface area contributed by atoms with Crippen molar-refractivity contribution in [1.29, 1.82) is 0 Å². The molecule has 1 aromatic carbocycles. The predicted molar refractivity (Wildman–Crippen MR) is 73.4 cm³/mol. The molecule has 0 aromatic heterocycles. The van der Waals surface area contributed by atoms with Gasteiger partial charge in [0.2, 0.25) is 0 Å². The van der Waals surface area contributed by atoms with Gasteiger partial charge in [-0.05, 0) is 24.1 Å². The predicted octanol–water partition coefficient (Wildman–Crippen LogP) is 3.36. The average molecular weight is 264 g/mol. The van der Waals surface area contributed by atoms with Gasteiger partial charge in [-0.1, -0.05) is 31.7 Å². The van der Waals surface area contributed by atoms with Crippen molar-refractivity contribution in [2.75, 3.05) is 13.7 Å². The zero-order valence-electron chi connectivity index (χ0n) is 11.4. The van der Waals surface area contributed by atoms with E-state index in [1.54, 1.807) is 7.11 Å². The van der Waals surface area contributed by atoms with E-state index in [9.17, 15) is 4.79 Å². The molecule has 0 radical (unpaired) electrons. The Balaban J connectivity index is 2.50. The molecule has 4 nitrogen and oxygen atoms in total. The average Bonchev–Trinajstić information content (AvgIpc) is 2.45. The minimum Gasteiger partial charge on any atom is -0.497 e. The molecule has 0 amide bonds. The summed E-state index contributed by atoms with van der Waals surface area (Å²) in [5.41, 5.74) is 1.09. The molecule has 1 atom stereocenters. The first kappa shape index (κ1) is 15.1. The van der Waals surface area contributed by atoms with E-state index in [-0.39, 0.29) is 12.7 Å². The van der Waals surface area contributed by atoms with E-state index < -0.39 is 6.16 Å². The summed E-state index contributed by atoms with van der Waals surface area (Å²) in [4.78, 5) is 11.3. The van der Waals surface area contributed by atoms with Crippen LogP contribution in [-0.4, -0.2) is 26.0 Å². The maximum Gasteiger partial charge on any atom is 0.508 e. The lowest BCUT2D eigenvalue weighted by Gasteiger charge is -2.15. The summed E-state index contributed by atoms with van der Waals surface area (Å²) in [6, 6.07) is 7.69. The lowest BCUT2D eigenvalue weighted by Crippen LogP contribution is -2.20. The molecule has 19 heavy (non-hydrogen) atoms.